The van der Waals surface area contributed by atoms with E-state index in [4.69, 9.17) is 3.17 Å². The summed E-state index contributed by atoms with van der Waals surface area (Å²) >= 11 is -2.55. The normalized spacial score (nSPS) is 11.2. The van der Waals surface area contributed by atoms with Crippen molar-refractivity contribution in [2.24, 2.45) is 0 Å². The molecule has 4 nitrogen and oxygen atoms in total. The zero-order valence-corrected chi connectivity index (χ0v) is 12.2. The van der Waals surface area contributed by atoms with E-state index in [1.165, 1.54) is 6.07 Å². The Kier molecular flexibility index (Phi) is 4.14. The Bertz CT molecular complexity index is 404. The van der Waals surface area contributed by atoms with Crippen LogP contribution in [0.15, 0.2) is 18.2 Å². The Hall–Kier alpha value is -0.821. The summed E-state index contributed by atoms with van der Waals surface area (Å²) in [7, 11) is 0. The predicted molar refractivity (Wildman–Crippen MR) is 60.0 cm³/mol. The van der Waals surface area contributed by atoms with Gasteiger partial charge < -0.3 is 0 Å². The number of aromatic hydroxyl groups is 1. The van der Waals surface area contributed by atoms with Crippen LogP contribution >= 0.6 is 0 Å². The molecule has 0 radical (unpaired) electrons. The van der Waals surface area contributed by atoms with Gasteiger partial charge in [-0.05, 0) is 0 Å². The van der Waals surface area contributed by atoms with Crippen molar-refractivity contribution in [3.8, 4) is 5.75 Å². The summed E-state index contributed by atoms with van der Waals surface area (Å²) in [5.74, 6) is -1.56. The minimum absolute atomic E-state index is 0.00284. The average molecular weight is 334 g/mol. The molecular formula is C10H14FNO3Sn. The average Bonchev–Trinajstić information content (AvgIpc) is 2.13. The first-order chi connectivity index (χ1) is 7.29. The van der Waals surface area contributed by atoms with Crippen molar-refractivity contribution in [3.05, 3.63) is 29.6 Å². The molecule has 1 aromatic carbocycles. The predicted octanol–water partition coefficient (Wildman–Crippen LogP) is 2.03. The van der Waals surface area contributed by atoms with E-state index in [1.54, 1.807) is 0 Å². The molecule has 1 aromatic rings. The Morgan fingerprint density at radius 3 is 2.56 bits per heavy atom. The molecule has 0 aliphatic carbocycles. The van der Waals surface area contributed by atoms with Crippen molar-refractivity contribution in [3.63, 3.8) is 0 Å². The summed E-state index contributed by atoms with van der Waals surface area (Å²) in [6.07, 6.45) is 0. The van der Waals surface area contributed by atoms with Crippen molar-refractivity contribution in [2.75, 3.05) is 0 Å². The van der Waals surface area contributed by atoms with E-state index in [9.17, 15) is 14.3 Å². The van der Waals surface area contributed by atoms with Crippen LogP contribution in [0.4, 0.5) is 4.39 Å². The Labute approximate surface area is 97.8 Å². The SMILES string of the molecule is [CH3][Sn]([CH3])([CH3])[O]NC(=O)c1ccc(F)cc1O. The van der Waals surface area contributed by atoms with E-state index >= 15 is 0 Å². The molecule has 0 aliphatic heterocycles. The van der Waals surface area contributed by atoms with Crippen LogP contribution in [-0.2, 0) is 3.17 Å². The number of phenolic OH excluding ortho intramolecular Hbond substituents is 1. The number of amides is 1. The van der Waals surface area contributed by atoms with Gasteiger partial charge in [0.05, 0.1) is 0 Å². The van der Waals surface area contributed by atoms with Crippen LogP contribution in [0.5, 0.6) is 5.75 Å². The Morgan fingerprint density at radius 2 is 2.06 bits per heavy atom. The Balaban J connectivity index is 2.74. The van der Waals surface area contributed by atoms with Crippen molar-refractivity contribution in [2.45, 2.75) is 14.8 Å². The summed E-state index contributed by atoms with van der Waals surface area (Å²) in [6.45, 7) is 0. The fourth-order valence-corrected chi connectivity index (χ4v) is 2.09. The number of hydroxylamine groups is 1. The van der Waals surface area contributed by atoms with Crippen molar-refractivity contribution >= 4 is 24.7 Å². The van der Waals surface area contributed by atoms with Gasteiger partial charge in [0.15, 0.2) is 0 Å². The van der Waals surface area contributed by atoms with Gasteiger partial charge in [0.2, 0.25) is 0 Å². The van der Waals surface area contributed by atoms with E-state index in [-0.39, 0.29) is 5.56 Å². The topological polar surface area (TPSA) is 58.6 Å². The molecule has 0 aromatic heterocycles. The number of hydrogen-bond donors (Lipinski definition) is 2. The van der Waals surface area contributed by atoms with Crippen LogP contribution in [0.3, 0.4) is 0 Å². The number of halogens is 1. The Morgan fingerprint density at radius 1 is 1.44 bits per heavy atom. The third-order valence-electron chi connectivity index (χ3n) is 1.65. The molecule has 0 unspecified atom stereocenters. The quantitative estimate of drug-likeness (QED) is 0.657. The van der Waals surface area contributed by atoms with Gasteiger partial charge in [0, 0.05) is 0 Å². The molecule has 0 heterocycles. The second-order valence-corrected chi connectivity index (χ2v) is 16.9. The standard InChI is InChI=1S/C7H5FNO3.3CH3.Sn/c8-4-1-2-5(6(10)3-4)7(11)9-12;;;;/h1-3H,(H2-,9,10,11,12);3*1H3;/q-1;;;;+1. The molecule has 0 aliphatic rings. The van der Waals surface area contributed by atoms with Gasteiger partial charge in [-0.25, -0.2) is 0 Å². The molecular weight excluding hydrogens is 320 g/mol. The first-order valence-electron chi connectivity index (χ1n) is 4.76. The molecule has 0 saturated carbocycles. The molecule has 88 valence electrons. The maximum absolute atomic E-state index is 12.7. The number of carbonyl (C=O) groups excluding carboxylic acids is 1. The number of hydrogen-bond acceptors (Lipinski definition) is 3. The monoisotopic (exact) mass is 335 g/mol. The second-order valence-electron chi connectivity index (χ2n) is 4.31. The summed E-state index contributed by atoms with van der Waals surface area (Å²) in [4.78, 5) is 17.5. The molecule has 1 rings (SSSR count). The van der Waals surface area contributed by atoms with Gasteiger partial charge in [-0.15, -0.1) is 0 Å². The molecule has 16 heavy (non-hydrogen) atoms. The molecule has 0 spiro atoms. The fraction of sp³-hybridized carbons (Fsp3) is 0.300. The number of rotatable bonds is 3. The third kappa shape index (κ3) is 3.97. The maximum atomic E-state index is 12.7. The van der Waals surface area contributed by atoms with Crippen LogP contribution in [0.1, 0.15) is 10.4 Å². The van der Waals surface area contributed by atoms with Gasteiger partial charge in [-0.1, -0.05) is 0 Å². The van der Waals surface area contributed by atoms with Crippen molar-refractivity contribution in [1.82, 2.24) is 5.48 Å². The molecule has 0 bridgehead atoms. The van der Waals surface area contributed by atoms with Crippen LogP contribution in [0.2, 0.25) is 14.8 Å². The third-order valence-corrected chi connectivity index (χ3v) is 3.69. The molecule has 0 saturated heterocycles. The summed E-state index contributed by atoms with van der Waals surface area (Å²) in [5, 5.41) is 9.35. The first kappa shape index (κ1) is 13.2. The van der Waals surface area contributed by atoms with E-state index in [2.05, 4.69) is 5.48 Å². The summed E-state index contributed by atoms with van der Waals surface area (Å²) < 4.78 is 17.9. The number of phenols is 1. The van der Waals surface area contributed by atoms with Gasteiger partial charge in [0.1, 0.15) is 0 Å². The summed E-state index contributed by atoms with van der Waals surface area (Å²) in [5.41, 5.74) is 2.27. The summed E-state index contributed by atoms with van der Waals surface area (Å²) in [6, 6.07) is 3.20. The van der Waals surface area contributed by atoms with Gasteiger partial charge in [-0.3, -0.25) is 0 Å². The molecule has 6 heteroatoms. The zero-order chi connectivity index (χ0) is 12.3. The number of nitrogens with one attached hydrogen (secondary N) is 1. The van der Waals surface area contributed by atoms with E-state index in [0.717, 1.165) is 12.1 Å². The first-order valence-corrected chi connectivity index (χ1v) is 14.5. The van der Waals surface area contributed by atoms with Crippen LogP contribution < -0.4 is 5.48 Å². The van der Waals surface area contributed by atoms with Gasteiger partial charge in [0.25, 0.3) is 0 Å². The zero-order valence-electron chi connectivity index (χ0n) is 9.37. The molecule has 2 N–H and O–H groups in total. The fourth-order valence-electron chi connectivity index (χ4n) is 0.951. The minimum atomic E-state index is -2.55. The van der Waals surface area contributed by atoms with Crippen molar-refractivity contribution < 1.29 is 17.5 Å². The number of benzene rings is 1. The van der Waals surface area contributed by atoms with E-state index in [0.29, 0.717) is 0 Å². The molecule has 1 amide bonds. The van der Waals surface area contributed by atoms with E-state index < -0.39 is 36.3 Å². The van der Waals surface area contributed by atoms with Gasteiger partial charge >= 0.3 is 97.8 Å². The molecule has 0 fully saturated rings. The van der Waals surface area contributed by atoms with Crippen LogP contribution in [-0.4, -0.2) is 29.8 Å². The van der Waals surface area contributed by atoms with Crippen LogP contribution in [0.25, 0.3) is 0 Å². The van der Waals surface area contributed by atoms with Crippen molar-refractivity contribution in [1.29, 1.82) is 0 Å². The van der Waals surface area contributed by atoms with Gasteiger partial charge in [-0.2, -0.15) is 0 Å². The van der Waals surface area contributed by atoms with E-state index in [1.807, 2.05) is 14.8 Å². The molecule has 0 atom stereocenters. The van der Waals surface area contributed by atoms with Crippen LogP contribution in [0, 0.1) is 5.82 Å². The second kappa shape index (κ2) is 5.01. The number of carbonyl (C=O) groups is 1.